The first-order valence-electron chi connectivity index (χ1n) is 16.3. The van der Waals surface area contributed by atoms with E-state index in [2.05, 4.69) is 26.0 Å². The van der Waals surface area contributed by atoms with Crippen LogP contribution in [0.15, 0.2) is 23.3 Å². The molecule has 2 heterocycles. The number of rotatable bonds is 6. The van der Waals surface area contributed by atoms with E-state index in [1.165, 1.54) is 12.5 Å². The minimum absolute atomic E-state index is 0.0168. The van der Waals surface area contributed by atoms with Gasteiger partial charge in [-0.25, -0.2) is 0 Å². The number of allylic oxidation sites excluding steroid dienone is 3. The number of carbonyl (C=O) groups is 1. The minimum Gasteiger partial charge on any atom is -0.394 e. The quantitative estimate of drug-likeness (QED) is 0.234. The van der Waals surface area contributed by atoms with Crippen LogP contribution in [0.1, 0.15) is 72.6 Å². The van der Waals surface area contributed by atoms with Crippen LogP contribution in [0.2, 0.25) is 0 Å². The highest BCUT2D eigenvalue weighted by Gasteiger charge is 2.58. The van der Waals surface area contributed by atoms with Crippen molar-refractivity contribution in [3.63, 3.8) is 0 Å². The first-order chi connectivity index (χ1) is 20.8. The van der Waals surface area contributed by atoms with Crippen LogP contribution in [0, 0.1) is 28.6 Å². The van der Waals surface area contributed by atoms with Crippen LogP contribution in [0.3, 0.4) is 0 Å². The van der Waals surface area contributed by atoms with E-state index in [0.717, 1.165) is 44.1 Å². The lowest BCUT2D eigenvalue weighted by Gasteiger charge is -2.58. The largest absolute Gasteiger partial charge is 0.394 e. The number of hydrogen-bond acceptors (Lipinski definition) is 11. The summed E-state index contributed by atoms with van der Waals surface area (Å²) < 4.78 is 23.8. The summed E-state index contributed by atoms with van der Waals surface area (Å²) in [6, 6.07) is 0. The van der Waals surface area contributed by atoms with Crippen molar-refractivity contribution in [3.8, 4) is 0 Å². The van der Waals surface area contributed by atoms with E-state index in [1.54, 1.807) is 6.92 Å². The molecule has 2 saturated carbocycles. The molecule has 16 atom stereocenters. The lowest BCUT2D eigenvalue weighted by atomic mass is 9.47. The maximum atomic E-state index is 12.4. The monoisotopic (exact) mass is 622 g/mol. The molecule has 0 radical (unpaired) electrons. The molecule has 6 rings (SSSR count). The van der Waals surface area contributed by atoms with Gasteiger partial charge in [-0.2, -0.15) is 0 Å². The summed E-state index contributed by atoms with van der Waals surface area (Å²) in [6.07, 6.45) is -2.79. The second kappa shape index (κ2) is 12.1. The highest BCUT2D eigenvalue weighted by atomic mass is 16.8. The van der Waals surface area contributed by atoms with Gasteiger partial charge in [-0.1, -0.05) is 31.6 Å². The summed E-state index contributed by atoms with van der Waals surface area (Å²) in [5.74, 6) is 1.71. The van der Waals surface area contributed by atoms with Gasteiger partial charge in [-0.15, -0.1) is 0 Å². The van der Waals surface area contributed by atoms with E-state index in [-0.39, 0.29) is 22.7 Å². The molecule has 0 aromatic rings. The summed E-state index contributed by atoms with van der Waals surface area (Å²) in [7, 11) is 0. The van der Waals surface area contributed by atoms with E-state index >= 15 is 0 Å². The molecule has 11 nitrogen and oxygen atoms in total. The number of aliphatic hydroxyl groups excluding tert-OH is 6. The van der Waals surface area contributed by atoms with Gasteiger partial charge in [-0.3, -0.25) is 4.79 Å². The van der Waals surface area contributed by atoms with Crippen molar-refractivity contribution in [2.75, 3.05) is 6.61 Å². The van der Waals surface area contributed by atoms with Gasteiger partial charge < -0.3 is 49.6 Å². The van der Waals surface area contributed by atoms with Gasteiger partial charge in [0.25, 0.3) is 0 Å². The second-order valence-corrected chi connectivity index (χ2v) is 14.6. The second-order valence-electron chi connectivity index (χ2n) is 14.6. The summed E-state index contributed by atoms with van der Waals surface area (Å²) in [5, 5.41) is 62.3. The molecule has 2 aliphatic heterocycles. The van der Waals surface area contributed by atoms with Crippen LogP contribution < -0.4 is 0 Å². The zero-order valence-electron chi connectivity index (χ0n) is 26.1. The summed E-state index contributed by atoms with van der Waals surface area (Å²) in [4.78, 5) is 12.4. The first kappa shape index (κ1) is 32.7. The molecule has 0 amide bonds. The molecular weight excluding hydrogens is 572 g/mol. The van der Waals surface area contributed by atoms with E-state index < -0.39 is 68.0 Å². The zero-order chi connectivity index (χ0) is 31.7. The highest BCUT2D eigenvalue weighted by molar-refractivity contribution is 5.95. The third-order valence-electron chi connectivity index (χ3n) is 12.3. The molecule has 11 heteroatoms. The van der Waals surface area contributed by atoms with Gasteiger partial charge in [0, 0.05) is 0 Å². The first-order valence-corrected chi connectivity index (χ1v) is 16.3. The topological polar surface area (TPSA) is 175 Å². The number of carbonyl (C=O) groups excluding carboxylic acids is 1. The van der Waals surface area contributed by atoms with Gasteiger partial charge in [0.05, 0.1) is 18.8 Å². The Hall–Kier alpha value is -1.25. The number of hydrogen-bond donors (Lipinski definition) is 6. The fourth-order valence-electron chi connectivity index (χ4n) is 9.64. The van der Waals surface area contributed by atoms with E-state index in [0.29, 0.717) is 24.2 Å². The van der Waals surface area contributed by atoms with Crippen molar-refractivity contribution in [3.05, 3.63) is 23.3 Å². The van der Waals surface area contributed by atoms with Gasteiger partial charge >= 0.3 is 0 Å². The average Bonchev–Trinajstić information content (AvgIpc) is 3.36. The predicted molar refractivity (Wildman–Crippen MR) is 156 cm³/mol. The maximum Gasteiger partial charge on any atom is 0.187 e. The molecule has 4 fully saturated rings. The summed E-state index contributed by atoms with van der Waals surface area (Å²) >= 11 is 0. The van der Waals surface area contributed by atoms with Gasteiger partial charge in [0.2, 0.25) is 0 Å². The van der Waals surface area contributed by atoms with Crippen molar-refractivity contribution in [2.24, 2.45) is 28.6 Å². The third kappa shape index (κ3) is 5.25. The summed E-state index contributed by atoms with van der Waals surface area (Å²) in [5.41, 5.74) is 2.34. The molecule has 0 bridgehead atoms. The van der Waals surface area contributed by atoms with Gasteiger partial charge in [0.15, 0.2) is 18.4 Å². The van der Waals surface area contributed by atoms with Crippen molar-refractivity contribution in [2.45, 2.75) is 140 Å². The molecule has 2 saturated heterocycles. The number of ether oxygens (including phenoxy) is 4. The molecule has 0 spiro atoms. The fraction of sp³-hybridized carbons (Fsp3) is 0.848. The maximum absolute atomic E-state index is 12.4. The van der Waals surface area contributed by atoms with E-state index in [4.69, 9.17) is 18.9 Å². The van der Waals surface area contributed by atoms with Crippen LogP contribution in [-0.2, 0) is 23.7 Å². The Morgan fingerprint density at radius 3 is 2.30 bits per heavy atom. The molecule has 6 aliphatic rings. The molecule has 44 heavy (non-hydrogen) atoms. The third-order valence-corrected chi connectivity index (χ3v) is 12.3. The molecular formula is C33H50O11. The predicted octanol–water partition coefficient (Wildman–Crippen LogP) is 1.11. The molecule has 248 valence electrons. The van der Waals surface area contributed by atoms with Crippen LogP contribution >= 0.6 is 0 Å². The molecule has 3 unspecified atom stereocenters. The smallest absolute Gasteiger partial charge is 0.187 e. The molecule has 0 aromatic carbocycles. The standard InChI is InChI=1S/C33H50O11/c1-15(35)20-7-8-21-19-6-5-17-13-18(9-11-32(17,3)22(19)10-12-33(20,21)4)42-31-29(27(39)25(37)23(14-34)43-31)44-30-28(40)26(38)24(36)16(2)41-30/h5,7,16,18-19,21-31,34,36-40H,6,8-14H2,1-4H3/t16-,18-,19?,21?,22?,23+,24-,25+,26+,27-,28+,29+,30-,31+,32-,33+/m0/s1. The molecule has 6 N–H and O–H groups in total. The lowest BCUT2D eigenvalue weighted by molar-refractivity contribution is -0.369. The minimum atomic E-state index is -1.61. The number of fused-ring (bicyclic) bond motifs is 5. The van der Waals surface area contributed by atoms with E-state index in [1.807, 2.05) is 0 Å². The highest BCUT2D eigenvalue weighted by Crippen LogP contribution is 2.65. The molecule has 4 aliphatic carbocycles. The SMILES string of the molecule is CC(=O)C1=CCC2C3CC=C4C[C@@H](O[C@@H]5O[C@H](CO)[C@@H](O)[C@H](O)[C@H]5O[C@@H]5O[C@@H](C)[C@H](O)[C@@H](O)[C@H]5O)CC[C@]4(C)C3CC[C@]12C. The van der Waals surface area contributed by atoms with Crippen LogP contribution in [0.4, 0.5) is 0 Å². The Morgan fingerprint density at radius 2 is 1.59 bits per heavy atom. The van der Waals surface area contributed by atoms with Crippen LogP contribution in [-0.4, -0.2) is 111 Å². The Balaban J connectivity index is 1.17. The number of Topliss-reactive ketones (excluding diaryl/α,β-unsaturated/α-hetero) is 1. The van der Waals surface area contributed by atoms with Crippen LogP contribution in [0.5, 0.6) is 0 Å². The number of aliphatic hydroxyl groups is 6. The van der Waals surface area contributed by atoms with Crippen molar-refractivity contribution in [1.29, 1.82) is 0 Å². The van der Waals surface area contributed by atoms with Crippen LogP contribution in [0.25, 0.3) is 0 Å². The summed E-state index contributed by atoms with van der Waals surface area (Å²) in [6.45, 7) is 7.33. The Morgan fingerprint density at radius 1 is 0.864 bits per heavy atom. The lowest BCUT2D eigenvalue weighted by Crippen LogP contribution is -2.64. The van der Waals surface area contributed by atoms with Gasteiger partial charge in [-0.05, 0) is 93.0 Å². The Labute approximate surface area is 258 Å². The normalized spacial score (nSPS) is 52.3. The Kier molecular flexibility index (Phi) is 8.97. The van der Waals surface area contributed by atoms with Crippen molar-refractivity contribution >= 4 is 5.78 Å². The average molecular weight is 623 g/mol. The van der Waals surface area contributed by atoms with E-state index in [9.17, 15) is 35.4 Å². The van der Waals surface area contributed by atoms with Crippen molar-refractivity contribution < 1.29 is 54.4 Å². The van der Waals surface area contributed by atoms with Crippen molar-refractivity contribution in [1.82, 2.24) is 0 Å². The Bertz CT molecular complexity index is 1160. The van der Waals surface area contributed by atoms with Gasteiger partial charge in [0.1, 0.15) is 42.7 Å². The zero-order valence-corrected chi connectivity index (χ0v) is 26.1. The molecule has 0 aromatic heterocycles. The number of ketones is 1. The fourth-order valence-corrected chi connectivity index (χ4v) is 9.64.